The number of fused-ring (bicyclic) bond motifs is 1. The molecule has 0 bridgehead atoms. The molecule has 1 radical (unpaired) electrons. The van der Waals surface area contributed by atoms with Gasteiger partial charge < -0.3 is 10.6 Å². The third kappa shape index (κ3) is 1.35. The monoisotopic (exact) mass is 147 g/mol. The molecule has 57 valence electrons. The molecule has 2 nitrogen and oxygen atoms in total. The fourth-order valence-corrected chi connectivity index (χ4v) is 1.34. The molecule has 0 aromatic rings. The molecule has 2 unspecified atom stereocenters. The van der Waals surface area contributed by atoms with E-state index in [0.717, 1.165) is 6.54 Å². The van der Waals surface area contributed by atoms with Gasteiger partial charge in [-0.2, -0.15) is 0 Å². The molecule has 2 aliphatic rings. The highest BCUT2D eigenvalue weighted by Crippen LogP contribution is 2.05. The summed E-state index contributed by atoms with van der Waals surface area (Å²) in [6.07, 6.45) is 13.4. The molecule has 0 spiro atoms. The summed E-state index contributed by atoms with van der Waals surface area (Å²) in [5, 5.41) is 6.54. The summed E-state index contributed by atoms with van der Waals surface area (Å²) >= 11 is 0. The quantitative estimate of drug-likeness (QED) is 0.517. The molecule has 2 atom stereocenters. The van der Waals surface area contributed by atoms with Crippen molar-refractivity contribution >= 4 is 0 Å². The zero-order valence-corrected chi connectivity index (χ0v) is 6.25. The normalized spacial score (nSPS) is 34.2. The number of rotatable bonds is 0. The van der Waals surface area contributed by atoms with Crippen LogP contribution in [-0.4, -0.2) is 18.6 Å². The molecule has 11 heavy (non-hydrogen) atoms. The number of allylic oxidation sites excluding steroid dienone is 2. The molecule has 2 heteroatoms. The lowest BCUT2D eigenvalue weighted by Crippen LogP contribution is -2.43. The first-order valence-electron chi connectivity index (χ1n) is 3.88. The zero-order chi connectivity index (χ0) is 7.52. The van der Waals surface area contributed by atoms with E-state index in [1.165, 1.54) is 0 Å². The molecule has 0 aromatic carbocycles. The van der Waals surface area contributed by atoms with Crippen molar-refractivity contribution in [2.24, 2.45) is 0 Å². The van der Waals surface area contributed by atoms with E-state index in [9.17, 15) is 0 Å². The molecule has 2 rings (SSSR count). The molecular formula is C9H11N2. The van der Waals surface area contributed by atoms with Crippen molar-refractivity contribution in [2.75, 3.05) is 6.54 Å². The molecule has 1 aliphatic heterocycles. The van der Waals surface area contributed by atoms with Crippen LogP contribution in [0.15, 0.2) is 30.4 Å². The lowest BCUT2D eigenvalue weighted by Gasteiger charge is -2.22. The van der Waals surface area contributed by atoms with E-state index in [1.807, 2.05) is 6.08 Å². The molecule has 0 fully saturated rings. The van der Waals surface area contributed by atoms with Crippen LogP contribution in [0, 0.1) is 6.20 Å². The van der Waals surface area contributed by atoms with Crippen molar-refractivity contribution in [3.63, 3.8) is 0 Å². The minimum atomic E-state index is 0.374. The zero-order valence-electron chi connectivity index (χ0n) is 6.25. The van der Waals surface area contributed by atoms with Gasteiger partial charge >= 0.3 is 0 Å². The van der Waals surface area contributed by atoms with Gasteiger partial charge in [0.2, 0.25) is 0 Å². The predicted octanol–water partition coefficient (Wildman–Crippen LogP) is 0.359. The van der Waals surface area contributed by atoms with Gasteiger partial charge in [0, 0.05) is 12.6 Å². The summed E-state index contributed by atoms with van der Waals surface area (Å²) in [6, 6.07) is 0.796. The Labute approximate surface area is 66.7 Å². The highest BCUT2D eigenvalue weighted by atomic mass is 15.0. The van der Waals surface area contributed by atoms with Gasteiger partial charge in [0.05, 0.1) is 12.2 Å². The van der Waals surface area contributed by atoms with Gasteiger partial charge in [-0.1, -0.05) is 24.3 Å². The van der Waals surface area contributed by atoms with E-state index < -0.39 is 0 Å². The maximum Gasteiger partial charge on any atom is 0.0637 e. The van der Waals surface area contributed by atoms with Gasteiger partial charge in [-0.25, -0.2) is 0 Å². The fourth-order valence-electron chi connectivity index (χ4n) is 1.34. The molecule has 1 aliphatic carbocycles. The van der Waals surface area contributed by atoms with Gasteiger partial charge in [0.15, 0.2) is 0 Å². The highest BCUT2D eigenvalue weighted by molar-refractivity contribution is 5.21. The maximum atomic E-state index is 3.36. The van der Waals surface area contributed by atoms with Crippen LogP contribution in [0.25, 0.3) is 0 Å². The highest BCUT2D eigenvalue weighted by Gasteiger charge is 2.17. The Bertz CT molecular complexity index is 216. The molecule has 0 amide bonds. The summed E-state index contributed by atoms with van der Waals surface area (Å²) in [4.78, 5) is 0. The summed E-state index contributed by atoms with van der Waals surface area (Å²) in [5.74, 6) is 0. The summed E-state index contributed by atoms with van der Waals surface area (Å²) in [7, 11) is 0. The Morgan fingerprint density at radius 2 is 2.00 bits per heavy atom. The Morgan fingerprint density at radius 3 is 2.91 bits per heavy atom. The number of hydrogen-bond acceptors (Lipinski definition) is 2. The molecule has 0 aromatic heterocycles. The second kappa shape index (κ2) is 2.93. The van der Waals surface area contributed by atoms with Crippen LogP contribution in [0.2, 0.25) is 0 Å². The van der Waals surface area contributed by atoms with Crippen molar-refractivity contribution in [1.82, 2.24) is 10.6 Å². The van der Waals surface area contributed by atoms with E-state index >= 15 is 0 Å². The standard InChI is InChI=1S/C9H11N2/c1-2-5-9-8(4-1)10-6-3-7-11-9/h1-5,8-11H,6H2. The van der Waals surface area contributed by atoms with E-state index in [0.29, 0.717) is 12.1 Å². The Hall–Kier alpha value is -1.02. The maximum absolute atomic E-state index is 3.36. The second-order valence-corrected chi connectivity index (χ2v) is 2.72. The largest absolute Gasteiger partial charge is 0.375 e. The van der Waals surface area contributed by atoms with Crippen LogP contribution >= 0.6 is 0 Å². The van der Waals surface area contributed by atoms with E-state index in [4.69, 9.17) is 0 Å². The van der Waals surface area contributed by atoms with Gasteiger partial charge in [-0.3, -0.25) is 0 Å². The van der Waals surface area contributed by atoms with Crippen molar-refractivity contribution in [3.05, 3.63) is 36.6 Å². The van der Waals surface area contributed by atoms with Crippen LogP contribution in [-0.2, 0) is 0 Å². The Kier molecular flexibility index (Phi) is 1.78. The molecule has 2 N–H and O–H groups in total. The van der Waals surface area contributed by atoms with Gasteiger partial charge in [-0.05, 0) is 6.08 Å². The van der Waals surface area contributed by atoms with Gasteiger partial charge in [-0.15, -0.1) is 0 Å². The SMILES string of the molecule is [C]1=CCNC2C=CC=CC2N1. The first-order valence-corrected chi connectivity index (χ1v) is 3.88. The predicted molar refractivity (Wildman–Crippen MR) is 44.8 cm³/mol. The second-order valence-electron chi connectivity index (χ2n) is 2.72. The Morgan fingerprint density at radius 1 is 1.18 bits per heavy atom. The van der Waals surface area contributed by atoms with Crippen LogP contribution in [0.1, 0.15) is 0 Å². The fraction of sp³-hybridized carbons (Fsp3) is 0.333. The van der Waals surface area contributed by atoms with E-state index in [-0.39, 0.29) is 0 Å². The first-order chi connectivity index (χ1) is 5.47. The van der Waals surface area contributed by atoms with Gasteiger partial charge in [0.1, 0.15) is 0 Å². The van der Waals surface area contributed by atoms with Crippen molar-refractivity contribution < 1.29 is 0 Å². The third-order valence-corrected chi connectivity index (χ3v) is 1.94. The lowest BCUT2D eigenvalue weighted by atomic mass is 10.0. The van der Waals surface area contributed by atoms with Crippen LogP contribution in [0.5, 0.6) is 0 Å². The molecule has 0 saturated heterocycles. The van der Waals surface area contributed by atoms with Crippen LogP contribution in [0.4, 0.5) is 0 Å². The lowest BCUT2D eigenvalue weighted by molar-refractivity contribution is 0.539. The van der Waals surface area contributed by atoms with Crippen LogP contribution in [0.3, 0.4) is 0 Å². The minimum absolute atomic E-state index is 0.374. The molecule has 1 heterocycles. The topological polar surface area (TPSA) is 24.1 Å². The summed E-state index contributed by atoms with van der Waals surface area (Å²) in [6.45, 7) is 0.895. The first kappa shape index (κ1) is 6.68. The number of hydrogen-bond donors (Lipinski definition) is 2. The van der Waals surface area contributed by atoms with Crippen molar-refractivity contribution in [1.29, 1.82) is 0 Å². The van der Waals surface area contributed by atoms with Crippen LogP contribution < -0.4 is 10.6 Å². The molecular weight excluding hydrogens is 136 g/mol. The average molecular weight is 147 g/mol. The van der Waals surface area contributed by atoms with Crippen molar-refractivity contribution in [2.45, 2.75) is 12.1 Å². The minimum Gasteiger partial charge on any atom is -0.375 e. The average Bonchev–Trinajstić information content (AvgIpc) is 2.28. The van der Waals surface area contributed by atoms with E-state index in [2.05, 4.69) is 41.1 Å². The van der Waals surface area contributed by atoms with E-state index in [1.54, 1.807) is 0 Å². The number of nitrogens with one attached hydrogen (secondary N) is 2. The summed E-state index contributed by atoms with van der Waals surface area (Å²) in [5.41, 5.74) is 0. The van der Waals surface area contributed by atoms with Gasteiger partial charge in [0.25, 0.3) is 0 Å². The molecule has 0 saturated carbocycles. The third-order valence-electron chi connectivity index (χ3n) is 1.94. The smallest absolute Gasteiger partial charge is 0.0637 e. The van der Waals surface area contributed by atoms with Crippen molar-refractivity contribution in [3.8, 4) is 0 Å². The Balaban J connectivity index is 2.13. The summed E-state index contributed by atoms with van der Waals surface area (Å²) < 4.78 is 0.